The van der Waals surface area contributed by atoms with Crippen molar-refractivity contribution in [1.82, 2.24) is 14.9 Å². The van der Waals surface area contributed by atoms with E-state index in [1.807, 2.05) is 36.5 Å². The highest BCUT2D eigenvalue weighted by Gasteiger charge is 2.16. The molecule has 0 atom stereocenters. The molecule has 0 bridgehead atoms. The van der Waals surface area contributed by atoms with Crippen molar-refractivity contribution in [3.05, 3.63) is 60.8 Å². The van der Waals surface area contributed by atoms with Crippen molar-refractivity contribution in [2.24, 2.45) is 0 Å². The summed E-state index contributed by atoms with van der Waals surface area (Å²) in [6.45, 7) is 4.23. The smallest absolute Gasteiger partial charge is 0.231 e. The molecule has 0 aliphatic carbocycles. The molecule has 0 amide bonds. The number of fused-ring (bicyclic) bond motifs is 1. The van der Waals surface area contributed by atoms with Crippen LogP contribution in [0.4, 0.5) is 11.5 Å². The summed E-state index contributed by atoms with van der Waals surface area (Å²) < 4.78 is 5.91. The van der Waals surface area contributed by atoms with Crippen LogP contribution in [0.25, 0.3) is 33.7 Å². The lowest BCUT2D eigenvalue weighted by molar-refractivity contribution is 0.313. The third-order valence-electron chi connectivity index (χ3n) is 5.49. The molecule has 6 nitrogen and oxygen atoms in total. The highest BCUT2D eigenvalue weighted by atomic mass is 16.3. The number of hydrogen-bond acceptors (Lipinski definition) is 6. The fraction of sp³-hybridized carbons (Fsp3) is 0.217. The lowest BCUT2D eigenvalue weighted by Gasteiger charge is -2.34. The molecule has 146 valence electrons. The van der Waals surface area contributed by atoms with Gasteiger partial charge in [0.15, 0.2) is 5.58 Å². The molecule has 1 fully saturated rings. The van der Waals surface area contributed by atoms with E-state index >= 15 is 0 Å². The first-order valence-corrected chi connectivity index (χ1v) is 9.83. The van der Waals surface area contributed by atoms with Gasteiger partial charge in [0, 0.05) is 43.6 Å². The Morgan fingerprint density at radius 1 is 0.931 bits per heavy atom. The van der Waals surface area contributed by atoms with Crippen molar-refractivity contribution in [3.8, 4) is 22.6 Å². The Morgan fingerprint density at radius 2 is 1.76 bits per heavy atom. The lowest BCUT2D eigenvalue weighted by Crippen LogP contribution is -2.44. The number of nitrogens with two attached hydrogens (primary N) is 1. The van der Waals surface area contributed by atoms with E-state index in [2.05, 4.69) is 51.1 Å². The van der Waals surface area contributed by atoms with Gasteiger partial charge in [-0.3, -0.25) is 0 Å². The van der Waals surface area contributed by atoms with Gasteiger partial charge >= 0.3 is 0 Å². The SMILES string of the molecule is CN1CCN(c2cccc(-c3cnc(N)c(-c4nc5ccccc5o4)c3)c2)CC1. The van der Waals surface area contributed by atoms with Crippen LogP contribution in [0.3, 0.4) is 0 Å². The fourth-order valence-corrected chi connectivity index (χ4v) is 3.74. The first kappa shape index (κ1) is 17.7. The summed E-state index contributed by atoms with van der Waals surface area (Å²) in [4.78, 5) is 13.8. The molecule has 2 aromatic heterocycles. The molecule has 6 heteroatoms. The summed E-state index contributed by atoms with van der Waals surface area (Å²) in [6, 6.07) is 18.3. The van der Waals surface area contributed by atoms with Crippen LogP contribution in [0.2, 0.25) is 0 Å². The second-order valence-corrected chi connectivity index (χ2v) is 7.48. The largest absolute Gasteiger partial charge is 0.436 e. The van der Waals surface area contributed by atoms with Crippen molar-refractivity contribution >= 4 is 22.6 Å². The number of hydrogen-bond donors (Lipinski definition) is 1. The highest BCUT2D eigenvalue weighted by molar-refractivity contribution is 5.81. The van der Waals surface area contributed by atoms with E-state index in [9.17, 15) is 0 Å². The zero-order valence-electron chi connectivity index (χ0n) is 16.4. The molecule has 2 aromatic carbocycles. The minimum atomic E-state index is 0.413. The monoisotopic (exact) mass is 385 g/mol. The van der Waals surface area contributed by atoms with Crippen LogP contribution >= 0.6 is 0 Å². The van der Waals surface area contributed by atoms with Crippen molar-refractivity contribution in [3.63, 3.8) is 0 Å². The predicted octanol–water partition coefficient (Wildman–Crippen LogP) is 3.89. The third-order valence-corrected chi connectivity index (χ3v) is 5.49. The molecule has 1 aliphatic rings. The number of para-hydroxylation sites is 2. The average molecular weight is 385 g/mol. The summed E-state index contributed by atoms with van der Waals surface area (Å²) >= 11 is 0. The van der Waals surface area contributed by atoms with Gasteiger partial charge < -0.3 is 20.0 Å². The zero-order chi connectivity index (χ0) is 19.8. The van der Waals surface area contributed by atoms with Gasteiger partial charge in [-0.1, -0.05) is 24.3 Å². The Kier molecular flexibility index (Phi) is 4.41. The van der Waals surface area contributed by atoms with Gasteiger partial charge in [-0.25, -0.2) is 9.97 Å². The quantitative estimate of drug-likeness (QED) is 0.577. The van der Waals surface area contributed by atoms with Crippen molar-refractivity contribution < 1.29 is 4.42 Å². The topological polar surface area (TPSA) is 71.4 Å². The second-order valence-electron chi connectivity index (χ2n) is 7.48. The van der Waals surface area contributed by atoms with Gasteiger partial charge in [0.2, 0.25) is 5.89 Å². The predicted molar refractivity (Wildman–Crippen MR) is 117 cm³/mol. The Hall–Kier alpha value is -3.38. The number of benzene rings is 2. The van der Waals surface area contributed by atoms with E-state index < -0.39 is 0 Å². The molecule has 4 aromatic rings. The van der Waals surface area contributed by atoms with Crippen molar-refractivity contribution in [2.45, 2.75) is 0 Å². The van der Waals surface area contributed by atoms with Crippen LogP contribution < -0.4 is 10.6 Å². The fourth-order valence-electron chi connectivity index (χ4n) is 3.74. The summed E-state index contributed by atoms with van der Waals surface area (Å²) in [6.07, 6.45) is 1.81. The summed E-state index contributed by atoms with van der Waals surface area (Å²) in [5, 5.41) is 0. The van der Waals surface area contributed by atoms with Gasteiger partial charge in [0.05, 0.1) is 5.56 Å². The minimum absolute atomic E-state index is 0.413. The van der Waals surface area contributed by atoms with E-state index in [0.29, 0.717) is 17.3 Å². The number of pyridine rings is 1. The Morgan fingerprint density at radius 3 is 2.59 bits per heavy atom. The second kappa shape index (κ2) is 7.22. The van der Waals surface area contributed by atoms with Gasteiger partial charge in [0.1, 0.15) is 11.3 Å². The molecule has 0 spiro atoms. The normalized spacial score (nSPS) is 15.1. The number of piperazine rings is 1. The maximum atomic E-state index is 6.16. The van der Waals surface area contributed by atoms with Crippen LogP contribution in [0, 0.1) is 0 Å². The molecule has 0 saturated carbocycles. The maximum Gasteiger partial charge on any atom is 0.231 e. The highest BCUT2D eigenvalue weighted by Crippen LogP contribution is 2.32. The Balaban J connectivity index is 1.51. The standard InChI is InChI=1S/C23H23N5O/c1-27-9-11-28(12-10-27)18-6-4-5-16(13-18)17-14-19(22(24)25-15-17)23-26-20-7-2-3-8-21(20)29-23/h2-8,13-15H,9-12H2,1H3,(H2,24,25). The van der Waals surface area contributed by atoms with E-state index in [0.717, 1.165) is 48.4 Å². The van der Waals surface area contributed by atoms with Crippen LogP contribution in [-0.4, -0.2) is 48.1 Å². The summed E-state index contributed by atoms with van der Waals surface area (Å²) in [5.41, 5.74) is 11.7. The molecule has 29 heavy (non-hydrogen) atoms. The van der Waals surface area contributed by atoms with Crippen LogP contribution in [0.15, 0.2) is 65.2 Å². The molecule has 0 unspecified atom stereocenters. The zero-order valence-corrected chi connectivity index (χ0v) is 16.4. The van der Waals surface area contributed by atoms with Crippen LogP contribution in [0.5, 0.6) is 0 Å². The van der Waals surface area contributed by atoms with Crippen LogP contribution in [-0.2, 0) is 0 Å². The van der Waals surface area contributed by atoms with Gasteiger partial charge in [0.25, 0.3) is 0 Å². The Labute approximate surface area is 169 Å². The van der Waals surface area contributed by atoms with Crippen molar-refractivity contribution in [2.75, 3.05) is 43.9 Å². The maximum absolute atomic E-state index is 6.16. The molecule has 1 saturated heterocycles. The number of likely N-dealkylation sites (N-methyl/N-ethyl adjacent to an activating group) is 1. The molecule has 2 N–H and O–H groups in total. The number of nitrogens with zero attached hydrogens (tertiary/aromatic N) is 4. The van der Waals surface area contributed by atoms with E-state index in [4.69, 9.17) is 10.2 Å². The van der Waals surface area contributed by atoms with Crippen molar-refractivity contribution in [1.29, 1.82) is 0 Å². The number of rotatable bonds is 3. The van der Waals surface area contributed by atoms with Gasteiger partial charge in [-0.05, 0) is 42.9 Å². The van der Waals surface area contributed by atoms with E-state index in [-0.39, 0.29) is 0 Å². The van der Waals surface area contributed by atoms with Gasteiger partial charge in [-0.2, -0.15) is 0 Å². The number of nitrogen functional groups attached to an aromatic ring is 1. The molecular weight excluding hydrogens is 362 g/mol. The number of aromatic nitrogens is 2. The summed E-state index contributed by atoms with van der Waals surface area (Å²) in [7, 11) is 2.17. The first-order chi connectivity index (χ1) is 14.2. The average Bonchev–Trinajstić information content (AvgIpc) is 3.19. The molecule has 1 aliphatic heterocycles. The molecule has 0 radical (unpaired) electrons. The van der Waals surface area contributed by atoms with Crippen LogP contribution in [0.1, 0.15) is 0 Å². The number of oxazole rings is 1. The van der Waals surface area contributed by atoms with E-state index in [1.54, 1.807) is 0 Å². The van der Waals surface area contributed by atoms with Gasteiger partial charge in [-0.15, -0.1) is 0 Å². The third kappa shape index (κ3) is 3.43. The Bertz CT molecular complexity index is 1130. The first-order valence-electron chi connectivity index (χ1n) is 9.83. The number of anilines is 2. The minimum Gasteiger partial charge on any atom is -0.436 e. The molecule has 5 rings (SSSR count). The molecule has 3 heterocycles. The summed E-state index contributed by atoms with van der Waals surface area (Å²) in [5.74, 6) is 0.906. The van der Waals surface area contributed by atoms with E-state index in [1.165, 1.54) is 5.69 Å². The lowest BCUT2D eigenvalue weighted by atomic mass is 10.0. The molecular formula is C23H23N5O.